The van der Waals surface area contributed by atoms with Crippen LogP contribution in [0.1, 0.15) is 43.4 Å². The van der Waals surface area contributed by atoms with Crippen LogP contribution in [0.5, 0.6) is 0 Å². The van der Waals surface area contributed by atoms with E-state index < -0.39 is 11.4 Å². The summed E-state index contributed by atoms with van der Waals surface area (Å²) in [7, 11) is 0. The number of hydrogen-bond donors (Lipinski definition) is 1. The van der Waals surface area contributed by atoms with Gasteiger partial charge in [0.05, 0.1) is 5.41 Å². The molecule has 3 heteroatoms. The summed E-state index contributed by atoms with van der Waals surface area (Å²) in [6.07, 6.45) is 2.11. The second-order valence-electron chi connectivity index (χ2n) is 7.03. The Kier molecular flexibility index (Phi) is 4.72. The van der Waals surface area contributed by atoms with Crippen molar-refractivity contribution in [3.05, 3.63) is 34.9 Å². The van der Waals surface area contributed by atoms with Crippen LogP contribution in [0.15, 0.2) is 18.2 Å². The first-order chi connectivity index (χ1) is 9.80. The predicted octanol–water partition coefficient (Wildman–Crippen LogP) is 3.63. The summed E-state index contributed by atoms with van der Waals surface area (Å²) in [6.45, 7) is 10.9. The van der Waals surface area contributed by atoms with Gasteiger partial charge in [-0.25, -0.2) is 0 Å². The Labute approximate surface area is 128 Å². The van der Waals surface area contributed by atoms with Crippen LogP contribution in [-0.2, 0) is 11.3 Å². The quantitative estimate of drug-likeness (QED) is 0.920. The number of nitrogens with zero attached hydrogens (tertiary/aromatic N) is 1. The molecule has 1 atom stereocenters. The third-order valence-corrected chi connectivity index (χ3v) is 4.97. The number of likely N-dealkylation sites (tertiary alicyclic amines) is 1. The van der Waals surface area contributed by atoms with Gasteiger partial charge in [-0.2, -0.15) is 0 Å². The maximum Gasteiger partial charge on any atom is 0.309 e. The fraction of sp³-hybridized carbons (Fsp3) is 0.611. The van der Waals surface area contributed by atoms with Gasteiger partial charge in [-0.3, -0.25) is 9.69 Å². The highest BCUT2D eigenvalue weighted by Gasteiger charge is 2.38. The van der Waals surface area contributed by atoms with Crippen LogP contribution < -0.4 is 0 Å². The van der Waals surface area contributed by atoms with Gasteiger partial charge >= 0.3 is 5.97 Å². The van der Waals surface area contributed by atoms with Crippen molar-refractivity contribution in [3.8, 4) is 0 Å². The van der Waals surface area contributed by atoms with Crippen LogP contribution in [0, 0.1) is 25.2 Å². The summed E-state index contributed by atoms with van der Waals surface area (Å²) < 4.78 is 0. The van der Waals surface area contributed by atoms with E-state index in [1.807, 2.05) is 13.8 Å². The molecule has 0 aromatic heterocycles. The Morgan fingerprint density at radius 3 is 2.71 bits per heavy atom. The molecule has 0 aliphatic carbocycles. The predicted molar refractivity (Wildman–Crippen MR) is 85.3 cm³/mol. The molecule has 1 aromatic carbocycles. The molecule has 0 spiro atoms. The Balaban J connectivity index is 2.06. The number of benzene rings is 1. The van der Waals surface area contributed by atoms with Gasteiger partial charge in [0.25, 0.3) is 0 Å². The average molecular weight is 289 g/mol. The van der Waals surface area contributed by atoms with E-state index in [2.05, 4.69) is 36.9 Å². The number of aliphatic carboxylic acids is 1. The highest BCUT2D eigenvalue weighted by atomic mass is 16.4. The van der Waals surface area contributed by atoms with E-state index in [1.54, 1.807) is 0 Å². The third kappa shape index (κ3) is 3.65. The monoisotopic (exact) mass is 289 g/mol. The first kappa shape index (κ1) is 16.0. The number of carboxylic acids is 1. The highest BCUT2D eigenvalue weighted by Crippen LogP contribution is 2.34. The smallest absolute Gasteiger partial charge is 0.309 e. The fourth-order valence-electron chi connectivity index (χ4n) is 3.23. The normalized spacial score (nSPS) is 20.5. The Morgan fingerprint density at radius 2 is 2.10 bits per heavy atom. The average Bonchev–Trinajstić information content (AvgIpc) is 2.42. The molecule has 0 bridgehead atoms. The van der Waals surface area contributed by atoms with E-state index in [9.17, 15) is 9.90 Å². The topological polar surface area (TPSA) is 40.5 Å². The van der Waals surface area contributed by atoms with Crippen LogP contribution in [0.4, 0.5) is 0 Å². The first-order valence-electron chi connectivity index (χ1n) is 7.82. The lowest BCUT2D eigenvalue weighted by Gasteiger charge is -2.39. The van der Waals surface area contributed by atoms with Gasteiger partial charge in [0, 0.05) is 13.1 Å². The number of rotatable bonds is 4. The molecule has 116 valence electrons. The molecule has 1 fully saturated rings. The number of carbonyl (C=O) groups is 1. The van der Waals surface area contributed by atoms with Crippen molar-refractivity contribution < 1.29 is 9.90 Å². The molecule has 1 aromatic rings. The number of aryl methyl sites for hydroxylation is 2. The SMILES string of the molecule is Cc1ccc(CN2CCCC(C(C)(C)C(=O)O)C2)c(C)c1. The van der Waals surface area contributed by atoms with Crippen LogP contribution in [-0.4, -0.2) is 29.1 Å². The van der Waals surface area contributed by atoms with Gasteiger partial charge in [0.1, 0.15) is 0 Å². The fourth-order valence-corrected chi connectivity index (χ4v) is 3.23. The molecule has 0 saturated carbocycles. The first-order valence-corrected chi connectivity index (χ1v) is 7.82. The molecular formula is C18H27NO2. The lowest BCUT2D eigenvalue weighted by molar-refractivity contribution is -0.151. The molecule has 1 aliphatic heterocycles. The molecule has 2 rings (SSSR count). The molecule has 0 amide bonds. The third-order valence-electron chi connectivity index (χ3n) is 4.97. The minimum atomic E-state index is -0.680. The molecule has 1 aliphatic rings. The van der Waals surface area contributed by atoms with E-state index in [1.165, 1.54) is 16.7 Å². The standard InChI is InChI=1S/C18H27NO2/c1-13-7-8-15(14(2)10-13)11-19-9-5-6-16(12-19)18(3,4)17(20)21/h7-8,10,16H,5-6,9,11-12H2,1-4H3,(H,20,21). The number of carboxylic acid groups (broad SMARTS) is 1. The summed E-state index contributed by atoms with van der Waals surface area (Å²) in [5.41, 5.74) is 3.34. The Morgan fingerprint density at radius 1 is 1.38 bits per heavy atom. The molecule has 21 heavy (non-hydrogen) atoms. The van der Waals surface area contributed by atoms with Crippen molar-refractivity contribution in [2.24, 2.45) is 11.3 Å². The van der Waals surface area contributed by atoms with E-state index in [0.29, 0.717) is 0 Å². The van der Waals surface area contributed by atoms with Crippen LogP contribution in [0.3, 0.4) is 0 Å². The van der Waals surface area contributed by atoms with Crippen molar-refractivity contribution in [3.63, 3.8) is 0 Å². The summed E-state index contributed by atoms with van der Waals surface area (Å²) in [4.78, 5) is 13.9. The van der Waals surface area contributed by atoms with Gasteiger partial charge in [-0.15, -0.1) is 0 Å². The Bertz CT molecular complexity index is 522. The summed E-state index contributed by atoms with van der Waals surface area (Å²) in [5, 5.41) is 9.43. The zero-order valence-corrected chi connectivity index (χ0v) is 13.6. The molecule has 0 radical (unpaired) electrons. The minimum absolute atomic E-state index is 0.231. The maximum atomic E-state index is 11.5. The zero-order valence-electron chi connectivity index (χ0n) is 13.6. The molecule has 1 heterocycles. The Hall–Kier alpha value is -1.35. The van der Waals surface area contributed by atoms with E-state index in [-0.39, 0.29) is 5.92 Å². The van der Waals surface area contributed by atoms with Gasteiger partial charge < -0.3 is 5.11 Å². The van der Waals surface area contributed by atoms with Crippen LogP contribution in [0.25, 0.3) is 0 Å². The second kappa shape index (κ2) is 6.18. The van der Waals surface area contributed by atoms with Crippen molar-refractivity contribution in [2.45, 2.75) is 47.1 Å². The minimum Gasteiger partial charge on any atom is -0.481 e. The molecule has 1 N–H and O–H groups in total. The molecular weight excluding hydrogens is 262 g/mol. The van der Waals surface area contributed by atoms with Gasteiger partial charge in [-0.05, 0) is 64.1 Å². The highest BCUT2D eigenvalue weighted by molar-refractivity contribution is 5.74. The largest absolute Gasteiger partial charge is 0.481 e. The summed E-state index contributed by atoms with van der Waals surface area (Å²) in [5.74, 6) is -0.449. The van der Waals surface area contributed by atoms with E-state index in [4.69, 9.17) is 0 Å². The van der Waals surface area contributed by atoms with Crippen molar-refractivity contribution >= 4 is 5.97 Å². The van der Waals surface area contributed by atoms with Gasteiger partial charge in [0.15, 0.2) is 0 Å². The van der Waals surface area contributed by atoms with E-state index in [0.717, 1.165) is 32.5 Å². The summed E-state index contributed by atoms with van der Waals surface area (Å²) in [6, 6.07) is 6.58. The number of piperidine rings is 1. The summed E-state index contributed by atoms with van der Waals surface area (Å²) >= 11 is 0. The molecule has 1 saturated heterocycles. The van der Waals surface area contributed by atoms with E-state index >= 15 is 0 Å². The number of hydrogen-bond acceptors (Lipinski definition) is 2. The second-order valence-corrected chi connectivity index (χ2v) is 7.03. The van der Waals surface area contributed by atoms with Crippen LogP contribution in [0.2, 0.25) is 0 Å². The molecule has 3 nitrogen and oxygen atoms in total. The van der Waals surface area contributed by atoms with Crippen molar-refractivity contribution in [2.75, 3.05) is 13.1 Å². The lowest BCUT2D eigenvalue weighted by Crippen LogP contribution is -2.44. The molecule has 1 unspecified atom stereocenters. The van der Waals surface area contributed by atoms with Crippen LogP contribution >= 0.6 is 0 Å². The van der Waals surface area contributed by atoms with Crippen molar-refractivity contribution in [1.82, 2.24) is 4.90 Å². The van der Waals surface area contributed by atoms with Crippen molar-refractivity contribution in [1.29, 1.82) is 0 Å². The van der Waals surface area contributed by atoms with Gasteiger partial charge in [0.2, 0.25) is 0 Å². The van der Waals surface area contributed by atoms with Gasteiger partial charge in [-0.1, -0.05) is 23.8 Å². The lowest BCUT2D eigenvalue weighted by atomic mass is 9.74. The zero-order chi connectivity index (χ0) is 15.6. The maximum absolute atomic E-state index is 11.5.